The summed E-state index contributed by atoms with van der Waals surface area (Å²) >= 11 is 0. The van der Waals surface area contributed by atoms with E-state index in [1.54, 1.807) is 39.3 Å². The van der Waals surface area contributed by atoms with Crippen LogP contribution in [0.1, 0.15) is 12.5 Å². The second-order valence-electron chi connectivity index (χ2n) is 7.23. The lowest BCUT2D eigenvalue weighted by Gasteiger charge is -2.20. The van der Waals surface area contributed by atoms with E-state index in [0.717, 1.165) is 16.3 Å². The monoisotopic (exact) mass is 456 g/mol. The normalized spacial score (nSPS) is 11.5. The Kier molecular flexibility index (Phi) is 7.71. The van der Waals surface area contributed by atoms with Gasteiger partial charge >= 0.3 is 0 Å². The quantitative estimate of drug-likeness (QED) is 0.506. The van der Waals surface area contributed by atoms with Gasteiger partial charge in [0.05, 0.1) is 25.7 Å². The van der Waals surface area contributed by atoms with Gasteiger partial charge in [-0.15, -0.1) is 0 Å². The number of carbonyl (C=O) groups excluding carboxylic acids is 1. The fourth-order valence-electron chi connectivity index (χ4n) is 3.44. The van der Waals surface area contributed by atoms with Gasteiger partial charge in [-0.2, -0.15) is 4.31 Å². The molecular weight excluding hydrogens is 428 g/mol. The molecule has 0 atom stereocenters. The van der Waals surface area contributed by atoms with E-state index >= 15 is 0 Å². The molecule has 3 aromatic carbocycles. The summed E-state index contributed by atoms with van der Waals surface area (Å²) in [6, 6.07) is 18.1. The van der Waals surface area contributed by atoms with Crippen molar-refractivity contribution in [1.82, 2.24) is 9.62 Å². The van der Waals surface area contributed by atoms with Gasteiger partial charge in [0.15, 0.2) is 11.5 Å². The van der Waals surface area contributed by atoms with Crippen LogP contribution in [0.25, 0.3) is 10.8 Å². The summed E-state index contributed by atoms with van der Waals surface area (Å²) in [6.07, 6.45) is 0.579. The third-order valence-electron chi connectivity index (χ3n) is 5.22. The second kappa shape index (κ2) is 10.5. The Morgan fingerprint density at radius 3 is 2.34 bits per heavy atom. The van der Waals surface area contributed by atoms with Gasteiger partial charge in [0.25, 0.3) is 0 Å². The number of likely N-dealkylation sites (N-methyl/N-ethyl adjacent to an activating group) is 1. The van der Waals surface area contributed by atoms with Gasteiger partial charge in [0, 0.05) is 13.1 Å². The molecular formula is C24H28N2O5S. The number of rotatable bonds is 10. The summed E-state index contributed by atoms with van der Waals surface area (Å²) in [5.74, 6) is 0.907. The molecule has 0 radical (unpaired) electrons. The molecule has 3 rings (SSSR count). The van der Waals surface area contributed by atoms with Crippen LogP contribution in [0, 0.1) is 0 Å². The van der Waals surface area contributed by atoms with Crippen molar-refractivity contribution in [2.45, 2.75) is 18.2 Å². The Hall–Kier alpha value is -3.10. The molecule has 0 saturated heterocycles. The molecule has 0 saturated carbocycles. The molecule has 0 bridgehead atoms. The number of ether oxygens (including phenoxy) is 2. The smallest absolute Gasteiger partial charge is 0.243 e. The number of hydrogen-bond donors (Lipinski definition) is 1. The lowest BCUT2D eigenvalue weighted by Crippen LogP contribution is -2.41. The molecule has 0 aromatic heterocycles. The van der Waals surface area contributed by atoms with Gasteiger partial charge in [0.2, 0.25) is 15.9 Å². The van der Waals surface area contributed by atoms with Crippen molar-refractivity contribution in [3.63, 3.8) is 0 Å². The van der Waals surface area contributed by atoms with Crippen molar-refractivity contribution in [2.24, 2.45) is 0 Å². The van der Waals surface area contributed by atoms with Crippen LogP contribution < -0.4 is 14.8 Å². The molecule has 32 heavy (non-hydrogen) atoms. The summed E-state index contributed by atoms with van der Waals surface area (Å²) in [7, 11) is -0.649. The van der Waals surface area contributed by atoms with Crippen molar-refractivity contribution in [3.05, 3.63) is 66.2 Å². The molecule has 0 aliphatic heterocycles. The van der Waals surface area contributed by atoms with Crippen molar-refractivity contribution < 1.29 is 22.7 Å². The van der Waals surface area contributed by atoms with E-state index in [-0.39, 0.29) is 23.9 Å². The minimum atomic E-state index is -3.79. The molecule has 0 aliphatic rings. The molecule has 1 amide bonds. The fraction of sp³-hybridized carbons (Fsp3) is 0.292. The molecule has 0 unspecified atom stereocenters. The van der Waals surface area contributed by atoms with Gasteiger partial charge in [-0.25, -0.2) is 8.42 Å². The second-order valence-corrected chi connectivity index (χ2v) is 9.17. The summed E-state index contributed by atoms with van der Waals surface area (Å²) in [6.45, 7) is 2.05. The predicted molar refractivity (Wildman–Crippen MR) is 125 cm³/mol. The maximum atomic E-state index is 13.1. The van der Waals surface area contributed by atoms with Crippen LogP contribution in [0.2, 0.25) is 0 Å². The topological polar surface area (TPSA) is 84.9 Å². The summed E-state index contributed by atoms with van der Waals surface area (Å²) in [5.41, 5.74) is 0.971. The zero-order valence-electron chi connectivity index (χ0n) is 18.5. The molecule has 0 fully saturated rings. The number of amides is 1. The van der Waals surface area contributed by atoms with Crippen molar-refractivity contribution in [3.8, 4) is 11.5 Å². The lowest BCUT2D eigenvalue weighted by molar-refractivity contribution is -0.121. The van der Waals surface area contributed by atoms with Gasteiger partial charge in [-0.1, -0.05) is 43.3 Å². The fourth-order valence-corrected chi connectivity index (χ4v) is 4.88. The van der Waals surface area contributed by atoms with Crippen LogP contribution in [-0.4, -0.2) is 52.5 Å². The number of sulfonamides is 1. The van der Waals surface area contributed by atoms with Crippen LogP contribution in [0.15, 0.2) is 65.6 Å². The number of methoxy groups -OCH3 is 2. The Balaban J connectivity index is 1.62. The number of nitrogens with zero attached hydrogens (tertiary/aromatic N) is 1. The van der Waals surface area contributed by atoms with E-state index in [1.807, 2.05) is 42.5 Å². The minimum absolute atomic E-state index is 0.177. The molecule has 3 aromatic rings. The van der Waals surface area contributed by atoms with Gasteiger partial charge in [-0.3, -0.25) is 4.79 Å². The largest absolute Gasteiger partial charge is 0.493 e. The first-order valence-corrected chi connectivity index (χ1v) is 11.8. The van der Waals surface area contributed by atoms with Crippen LogP contribution in [-0.2, 0) is 21.2 Å². The molecule has 7 nitrogen and oxygen atoms in total. The van der Waals surface area contributed by atoms with E-state index < -0.39 is 10.0 Å². The SMILES string of the molecule is CCN(CC(=O)NCCc1ccc(OC)c(OC)c1)S(=O)(=O)c1ccc2ccccc2c1. The first-order valence-electron chi connectivity index (χ1n) is 10.4. The molecule has 0 spiro atoms. The molecule has 170 valence electrons. The number of hydrogen-bond acceptors (Lipinski definition) is 5. The summed E-state index contributed by atoms with van der Waals surface area (Å²) in [4.78, 5) is 12.6. The zero-order valence-corrected chi connectivity index (χ0v) is 19.3. The zero-order chi connectivity index (χ0) is 23.1. The average Bonchev–Trinajstić information content (AvgIpc) is 2.81. The number of nitrogens with one attached hydrogen (secondary N) is 1. The highest BCUT2D eigenvalue weighted by Gasteiger charge is 2.25. The Morgan fingerprint density at radius 2 is 1.66 bits per heavy atom. The average molecular weight is 457 g/mol. The number of carbonyl (C=O) groups is 1. The van der Waals surface area contributed by atoms with E-state index in [0.29, 0.717) is 24.5 Å². The third-order valence-corrected chi connectivity index (χ3v) is 7.13. The van der Waals surface area contributed by atoms with Gasteiger partial charge in [0.1, 0.15) is 0 Å². The molecule has 0 heterocycles. The van der Waals surface area contributed by atoms with Crippen LogP contribution in [0.5, 0.6) is 11.5 Å². The number of benzene rings is 3. The first kappa shape index (κ1) is 23.6. The van der Waals surface area contributed by atoms with Crippen molar-refractivity contribution >= 4 is 26.7 Å². The van der Waals surface area contributed by atoms with Crippen LogP contribution in [0.3, 0.4) is 0 Å². The highest BCUT2D eigenvalue weighted by atomic mass is 32.2. The van der Waals surface area contributed by atoms with E-state index in [4.69, 9.17) is 9.47 Å². The maximum Gasteiger partial charge on any atom is 0.243 e. The number of fused-ring (bicyclic) bond motifs is 1. The maximum absolute atomic E-state index is 13.1. The summed E-state index contributed by atoms with van der Waals surface area (Å²) in [5, 5.41) is 4.60. The Morgan fingerprint density at radius 1 is 0.938 bits per heavy atom. The minimum Gasteiger partial charge on any atom is -0.493 e. The van der Waals surface area contributed by atoms with E-state index in [1.165, 1.54) is 4.31 Å². The van der Waals surface area contributed by atoms with Crippen molar-refractivity contribution in [2.75, 3.05) is 33.9 Å². The predicted octanol–water partition coefficient (Wildman–Crippen LogP) is 3.23. The van der Waals surface area contributed by atoms with E-state index in [2.05, 4.69) is 5.32 Å². The summed E-state index contributed by atoms with van der Waals surface area (Å²) < 4.78 is 37.9. The third kappa shape index (κ3) is 5.38. The lowest BCUT2D eigenvalue weighted by atomic mass is 10.1. The molecule has 8 heteroatoms. The van der Waals surface area contributed by atoms with Gasteiger partial charge < -0.3 is 14.8 Å². The highest BCUT2D eigenvalue weighted by Crippen LogP contribution is 2.27. The highest BCUT2D eigenvalue weighted by molar-refractivity contribution is 7.89. The Bertz CT molecular complexity index is 1190. The van der Waals surface area contributed by atoms with Crippen LogP contribution in [0.4, 0.5) is 0 Å². The molecule has 1 N–H and O–H groups in total. The van der Waals surface area contributed by atoms with Crippen molar-refractivity contribution in [1.29, 1.82) is 0 Å². The molecule has 0 aliphatic carbocycles. The van der Waals surface area contributed by atoms with Crippen LogP contribution >= 0.6 is 0 Å². The standard InChI is InChI=1S/C24H28N2O5S/c1-4-26(32(28,29)21-11-10-19-7-5-6-8-20(19)16-21)17-24(27)25-14-13-18-9-12-22(30-2)23(15-18)31-3/h5-12,15-16H,4,13-14,17H2,1-3H3,(H,25,27). The Labute approximate surface area is 189 Å². The van der Waals surface area contributed by atoms with E-state index in [9.17, 15) is 13.2 Å². The van der Waals surface area contributed by atoms with Gasteiger partial charge in [-0.05, 0) is 47.0 Å². The first-order chi connectivity index (χ1) is 15.4.